The lowest BCUT2D eigenvalue weighted by molar-refractivity contribution is 0.537. The predicted molar refractivity (Wildman–Crippen MR) is 120 cm³/mol. The van der Waals surface area contributed by atoms with Crippen molar-refractivity contribution in [1.29, 1.82) is 0 Å². The van der Waals surface area contributed by atoms with E-state index in [4.69, 9.17) is 0 Å². The highest BCUT2D eigenvalue weighted by Gasteiger charge is 2.48. The third-order valence-electron chi connectivity index (χ3n) is 5.69. The molecule has 0 fully saturated rings. The molecular formula is C28H26. The molecule has 2 aliphatic carbocycles. The van der Waals surface area contributed by atoms with Crippen LogP contribution < -0.4 is 0 Å². The van der Waals surface area contributed by atoms with Gasteiger partial charge in [-0.15, -0.1) is 0 Å². The van der Waals surface area contributed by atoms with E-state index in [-0.39, 0.29) is 11.3 Å². The van der Waals surface area contributed by atoms with Gasteiger partial charge in [0.1, 0.15) is 0 Å². The van der Waals surface area contributed by atoms with E-state index in [2.05, 4.69) is 115 Å². The second kappa shape index (κ2) is 7.86. The molecule has 0 saturated carbocycles. The highest BCUT2D eigenvalue weighted by Crippen LogP contribution is 2.56. The van der Waals surface area contributed by atoms with Gasteiger partial charge < -0.3 is 0 Å². The molecule has 3 aromatic carbocycles. The van der Waals surface area contributed by atoms with Gasteiger partial charge in [0.15, 0.2) is 0 Å². The zero-order valence-corrected chi connectivity index (χ0v) is 16.5. The summed E-state index contributed by atoms with van der Waals surface area (Å²) in [7, 11) is 0. The van der Waals surface area contributed by atoms with Crippen molar-refractivity contribution in [3.63, 3.8) is 0 Å². The third kappa shape index (κ3) is 2.68. The van der Waals surface area contributed by atoms with Crippen LogP contribution in [0, 0.1) is 5.92 Å². The molecule has 0 heteroatoms. The van der Waals surface area contributed by atoms with Crippen molar-refractivity contribution >= 4 is 0 Å². The maximum atomic E-state index is 2.34. The molecule has 0 nitrogen and oxygen atoms in total. The fourth-order valence-electron chi connectivity index (χ4n) is 4.68. The first-order valence-electron chi connectivity index (χ1n) is 10.2. The van der Waals surface area contributed by atoms with Crippen LogP contribution in [0.3, 0.4) is 0 Å². The van der Waals surface area contributed by atoms with Crippen molar-refractivity contribution < 1.29 is 0 Å². The molecule has 0 spiro atoms. The number of hydrogen-bond acceptors (Lipinski definition) is 0. The minimum Gasteiger partial charge on any atom is -0.0760 e. The molecule has 28 heavy (non-hydrogen) atoms. The maximum absolute atomic E-state index is 2.34. The fourth-order valence-corrected chi connectivity index (χ4v) is 4.68. The van der Waals surface area contributed by atoms with Crippen LogP contribution in [-0.2, 0) is 5.41 Å². The average molecular weight is 363 g/mol. The summed E-state index contributed by atoms with van der Waals surface area (Å²) in [5.41, 5.74) is 6.64. The fraction of sp³-hybridized carbons (Fsp3) is 0.143. The molecule has 5 rings (SSSR count). The minimum absolute atomic E-state index is 0.201. The molecule has 0 bridgehead atoms. The Labute approximate surface area is 168 Å². The van der Waals surface area contributed by atoms with Gasteiger partial charge in [0.2, 0.25) is 0 Å². The van der Waals surface area contributed by atoms with E-state index >= 15 is 0 Å². The normalized spacial score (nSPS) is 15.9. The smallest absolute Gasteiger partial charge is 0.0560 e. The first-order valence-corrected chi connectivity index (χ1v) is 10.2. The lowest BCUT2D eigenvalue weighted by Crippen LogP contribution is -2.34. The van der Waals surface area contributed by atoms with Crippen molar-refractivity contribution in [3.8, 4) is 11.1 Å². The zero-order valence-electron chi connectivity index (χ0n) is 16.5. The van der Waals surface area contributed by atoms with E-state index < -0.39 is 0 Å². The summed E-state index contributed by atoms with van der Waals surface area (Å²) >= 11 is 0. The van der Waals surface area contributed by atoms with Crippen LogP contribution in [0.4, 0.5) is 0 Å². The Hall–Kier alpha value is -3.12. The lowest BCUT2D eigenvalue weighted by Gasteiger charge is -2.37. The van der Waals surface area contributed by atoms with Crippen LogP contribution in [-0.4, -0.2) is 0 Å². The van der Waals surface area contributed by atoms with Gasteiger partial charge in [-0.05, 0) is 27.8 Å². The highest BCUT2D eigenvalue weighted by molar-refractivity contribution is 5.84. The largest absolute Gasteiger partial charge is 0.0760 e. The molecule has 2 aliphatic rings. The first-order chi connectivity index (χ1) is 13.9. The summed E-state index contributed by atoms with van der Waals surface area (Å²) in [6.45, 7) is 4.00. The molecule has 0 aromatic heterocycles. The Morgan fingerprint density at radius 1 is 0.536 bits per heavy atom. The molecule has 3 aromatic rings. The van der Waals surface area contributed by atoms with Gasteiger partial charge in [0.05, 0.1) is 5.41 Å². The highest BCUT2D eigenvalue weighted by atomic mass is 14.5. The summed E-state index contributed by atoms with van der Waals surface area (Å²) in [5.74, 6) is 0.254. The molecule has 0 radical (unpaired) electrons. The van der Waals surface area contributed by atoms with E-state index in [0.29, 0.717) is 0 Å². The molecule has 0 N–H and O–H groups in total. The van der Waals surface area contributed by atoms with Gasteiger partial charge in [0, 0.05) is 5.92 Å². The van der Waals surface area contributed by atoms with Gasteiger partial charge in [-0.2, -0.15) is 0 Å². The molecule has 0 aliphatic heterocycles. The van der Waals surface area contributed by atoms with Gasteiger partial charge in [-0.1, -0.05) is 129 Å². The van der Waals surface area contributed by atoms with Gasteiger partial charge in [-0.25, -0.2) is 0 Å². The number of benzene rings is 3. The minimum atomic E-state index is -0.201. The van der Waals surface area contributed by atoms with Crippen LogP contribution in [0.1, 0.15) is 30.5 Å². The van der Waals surface area contributed by atoms with E-state index in [9.17, 15) is 0 Å². The summed E-state index contributed by atoms with van der Waals surface area (Å²) < 4.78 is 0. The van der Waals surface area contributed by atoms with E-state index in [1.807, 2.05) is 13.8 Å². The second-order valence-electron chi connectivity index (χ2n) is 6.95. The quantitative estimate of drug-likeness (QED) is 0.448. The summed E-state index contributed by atoms with van der Waals surface area (Å²) in [6.07, 6.45) is 13.3. The topological polar surface area (TPSA) is 0 Å². The number of hydrogen-bond donors (Lipinski definition) is 0. The summed E-state index contributed by atoms with van der Waals surface area (Å²) in [6, 6.07) is 28.8. The zero-order chi connectivity index (χ0) is 19.4. The van der Waals surface area contributed by atoms with Crippen molar-refractivity contribution in [1.82, 2.24) is 0 Å². The van der Waals surface area contributed by atoms with Crippen molar-refractivity contribution in [2.24, 2.45) is 5.92 Å². The molecule has 138 valence electrons. The second-order valence-corrected chi connectivity index (χ2v) is 6.95. The molecular weight excluding hydrogens is 336 g/mol. The molecule has 0 unspecified atom stereocenters. The third-order valence-corrected chi connectivity index (χ3v) is 5.69. The van der Waals surface area contributed by atoms with Crippen LogP contribution in [0.5, 0.6) is 0 Å². The molecule has 0 heterocycles. The van der Waals surface area contributed by atoms with Crippen LogP contribution in [0.25, 0.3) is 11.1 Å². The van der Waals surface area contributed by atoms with Crippen molar-refractivity contribution in [2.75, 3.05) is 0 Å². The number of rotatable bonds is 2. The Bertz CT molecular complexity index is 973. The summed E-state index contributed by atoms with van der Waals surface area (Å²) in [5, 5.41) is 0. The van der Waals surface area contributed by atoms with Crippen molar-refractivity contribution in [3.05, 3.63) is 132 Å². The summed E-state index contributed by atoms with van der Waals surface area (Å²) in [4.78, 5) is 0. The maximum Gasteiger partial charge on any atom is 0.0560 e. The number of allylic oxidation sites excluding steroid dienone is 6. The van der Waals surface area contributed by atoms with Gasteiger partial charge >= 0.3 is 0 Å². The standard InChI is InChI=1S/C26H20.C2H6/c1-2-5-13-20(12-4-1)26(21-14-6-3-7-15-21)24-18-10-8-16-22(24)23-17-9-11-19-25(23)26;1-2/h1-20H;1-2H3. The van der Waals surface area contributed by atoms with Crippen molar-refractivity contribution in [2.45, 2.75) is 19.3 Å². The van der Waals surface area contributed by atoms with E-state index in [0.717, 1.165) is 0 Å². The Morgan fingerprint density at radius 2 is 1.00 bits per heavy atom. The Balaban J connectivity index is 0.000000932. The predicted octanol–water partition coefficient (Wildman–Crippen LogP) is 7.33. The van der Waals surface area contributed by atoms with Crippen LogP contribution in [0.2, 0.25) is 0 Å². The van der Waals surface area contributed by atoms with Crippen LogP contribution in [0.15, 0.2) is 115 Å². The van der Waals surface area contributed by atoms with E-state index in [1.54, 1.807) is 0 Å². The van der Waals surface area contributed by atoms with Gasteiger partial charge in [-0.3, -0.25) is 0 Å². The van der Waals surface area contributed by atoms with E-state index in [1.165, 1.54) is 27.8 Å². The van der Waals surface area contributed by atoms with Crippen LogP contribution >= 0.6 is 0 Å². The molecule has 0 saturated heterocycles. The molecule has 0 amide bonds. The SMILES string of the molecule is C1=CC=CC(C2(c3ccccc3)c3ccccc3-c3ccccc32)C=C1.CC. The first kappa shape index (κ1) is 18.3. The Morgan fingerprint density at radius 3 is 1.54 bits per heavy atom. The Kier molecular flexibility index (Phi) is 5.12. The average Bonchev–Trinajstić information content (AvgIpc) is 2.91. The lowest BCUT2D eigenvalue weighted by atomic mass is 9.64. The van der Waals surface area contributed by atoms with Gasteiger partial charge in [0.25, 0.3) is 0 Å². The molecule has 0 atom stereocenters. The monoisotopic (exact) mass is 362 g/mol. The number of fused-ring (bicyclic) bond motifs is 3.